The van der Waals surface area contributed by atoms with E-state index in [-0.39, 0.29) is 55.8 Å². The van der Waals surface area contributed by atoms with E-state index in [1.54, 1.807) is 54.5 Å². The van der Waals surface area contributed by atoms with Crippen molar-refractivity contribution < 1.29 is 67.7 Å². The second kappa shape index (κ2) is 38.1. The monoisotopic (exact) mass is 1260 g/mol. The molecule has 1 aliphatic rings. The Morgan fingerprint density at radius 3 is 1.31 bits per heavy atom. The second-order valence-corrected chi connectivity index (χ2v) is 26.6. The van der Waals surface area contributed by atoms with Gasteiger partial charge in [0.1, 0.15) is 60.4 Å². The highest BCUT2D eigenvalue weighted by Crippen LogP contribution is 2.26. The van der Waals surface area contributed by atoms with Gasteiger partial charge < -0.3 is 65.8 Å². The smallest absolute Gasteiger partial charge is 0.300 e. The van der Waals surface area contributed by atoms with Crippen LogP contribution >= 0.6 is 0 Å². The number of aliphatic hydroxyl groups excluding tert-OH is 1. The third kappa shape index (κ3) is 24.9. The molecule has 1 aliphatic heterocycles. The first-order valence-corrected chi connectivity index (χ1v) is 31.5. The fourth-order valence-electron chi connectivity index (χ4n) is 10.7. The standard InChI is InChI=1S/C62H111N11O12.C2H4O2/c1-25-27-28-40(15)52(75)51-56(79)65-43(26-2)58(81)67(18)33-48(74)68(19)44(29-34(3)4)55(78)66-49(38(11)12)61(84)69(20)45(30-35(5)6)54(77)63-41(16)53(76)64-42(17)57(80)70(21)46(31-36(7)8)59(82)71(22)47(32-37(9)10)60(83)72(23)50(39(13)14)62(85)73(51)24;1-2(3)4/h25,27,34-47,49-52,75H,26,28-33H2,1-24H3,(H,63,77)(H,64,76)(H,65,79)(H,66,78);1H3,(H,3,4)/b27-25+;/t40-,41+,42-,43+,44+,45+,46+,47+,49+,50+,51+,52-;/m1./s1. The highest BCUT2D eigenvalue weighted by atomic mass is 16.4. The number of nitrogens with one attached hydrogen (secondary N) is 4. The van der Waals surface area contributed by atoms with Crippen LogP contribution in [0.4, 0.5) is 0 Å². The zero-order valence-electron chi connectivity index (χ0n) is 58.4. The fourth-order valence-corrected chi connectivity index (χ4v) is 10.7. The summed E-state index contributed by atoms with van der Waals surface area (Å²) in [6.07, 6.45) is 3.04. The first kappa shape index (κ1) is 82.3. The molecule has 1 saturated heterocycles. The number of nitrogens with zero attached hydrogens (tertiary/aromatic N) is 7. The number of likely N-dealkylation sites (N-methyl/N-ethyl adjacent to an activating group) is 7. The Bertz CT molecular complexity index is 2430. The van der Waals surface area contributed by atoms with Crippen LogP contribution in [0.15, 0.2) is 12.2 Å². The fraction of sp³-hybridized carbons (Fsp3) is 0.781. The molecule has 25 nitrogen and oxygen atoms in total. The lowest BCUT2D eigenvalue weighted by atomic mass is 9.91. The summed E-state index contributed by atoms with van der Waals surface area (Å²) in [5, 5.41) is 30.5. The lowest BCUT2D eigenvalue weighted by molar-refractivity contribution is -0.157. The van der Waals surface area contributed by atoms with Gasteiger partial charge in [0.05, 0.1) is 12.6 Å². The molecule has 1 heterocycles. The highest BCUT2D eigenvalue weighted by molar-refractivity contribution is 5.99. The van der Waals surface area contributed by atoms with E-state index in [1.165, 1.54) is 87.7 Å². The van der Waals surface area contributed by atoms with Gasteiger partial charge in [-0.05, 0) is 101 Å². The van der Waals surface area contributed by atoms with Gasteiger partial charge in [0, 0.05) is 56.3 Å². The van der Waals surface area contributed by atoms with Crippen LogP contribution < -0.4 is 21.3 Å². The topological polar surface area (TPSA) is 316 Å². The Morgan fingerprint density at radius 2 is 0.888 bits per heavy atom. The van der Waals surface area contributed by atoms with Crippen molar-refractivity contribution >= 4 is 70.9 Å². The van der Waals surface area contributed by atoms with Gasteiger partial charge in [-0.25, -0.2) is 0 Å². The third-order valence-electron chi connectivity index (χ3n) is 16.1. The average molecular weight is 1260 g/mol. The molecule has 0 spiro atoms. The third-order valence-corrected chi connectivity index (χ3v) is 16.1. The average Bonchev–Trinajstić information content (AvgIpc) is 0.999. The van der Waals surface area contributed by atoms with E-state index in [1.807, 2.05) is 61.5 Å². The van der Waals surface area contributed by atoms with Gasteiger partial charge >= 0.3 is 0 Å². The molecule has 0 aliphatic carbocycles. The number of rotatable bonds is 15. The number of carboxylic acids is 1. The molecule has 12 atom stereocenters. The molecular formula is C64H115N11O14. The van der Waals surface area contributed by atoms with Gasteiger partial charge in [-0.3, -0.25) is 57.5 Å². The lowest BCUT2D eigenvalue weighted by Crippen LogP contribution is -2.63. The summed E-state index contributed by atoms with van der Waals surface area (Å²) in [5.41, 5.74) is 0. The van der Waals surface area contributed by atoms with Gasteiger partial charge in [-0.15, -0.1) is 0 Å². The molecule has 0 radical (unpaired) electrons. The number of carbonyl (C=O) groups excluding carboxylic acids is 11. The predicted molar refractivity (Wildman–Crippen MR) is 342 cm³/mol. The summed E-state index contributed by atoms with van der Waals surface area (Å²) in [7, 11) is 9.92. The van der Waals surface area contributed by atoms with Crippen LogP contribution in [-0.2, 0) is 57.5 Å². The van der Waals surface area contributed by atoms with Crippen molar-refractivity contribution in [2.45, 2.75) is 230 Å². The molecule has 0 unspecified atom stereocenters. The summed E-state index contributed by atoms with van der Waals surface area (Å²) in [5.74, 6) is -10.5. The molecule has 1 fully saturated rings. The van der Waals surface area contributed by atoms with Crippen molar-refractivity contribution in [3.63, 3.8) is 0 Å². The largest absolute Gasteiger partial charge is 0.481 e. The number of aliphatic hydroxyl groups is 1. The number of hydrogen-bond donors (Lipinski definition) is 6. The minimum atomic E-state index is -1.61. The molecule has 0 aromatic heterocycles. The number of allylic oxidation sites excluding steroid dienone is 2. The predicted octanol–water partition coefficient (Wildman–Crippen LogP) is 3.36. The molecule has 1 rings (SSSR count). The number of aliphatic carboxylic acids is 1. The number of carbonyl (C=O) groups is 12. The van der Waals surface area contributed by atoms with E-state index >= 15 is 9.59 Å². The van der Waals surface area contributed by atoms with Crippen molar-refractivity contribution in [2.24, 2.45) is 41.4 Å². The molecule has 0 aromatic rings. The van der Waals surface area contributed by atoms with Crippen molar-refractivity contribution in [1.82, 2.24) is 55.6 Å². The Hall–Kier alpha value is -6.66. The van der Waals surface area contributed by atoms with Crippen LogP contribution in [0.1, 0.15) is 163 Å². The van der Waals surface area contributed by atoms with Crippen LogP contribution in [0, 0.1) is 41.4 Å². The van der Waals surface area contributed by atoms with E-state index in [9.17, 15) is 48.3 Å². The summed E-state index contributed by atoms with van der Waals surface area (Å²) < 4.78 is 0. The summed E-state index contributed by atoms with van der Waals surface area (Å²) in [6, 6.07) is -12.3. The molecule has 89 heavy (non-hydrogen) atoms. The number of amides is 11. The van der Waals surface area contributed by atoms with E-state index in [2.05, 4.69) is 21.3 Å². The van der Waals surface area contributed by atoms with Gasteiger partial charge in [-0.2, -0.15) is 0 Å². The highest BCUT2D eigenvalue weighted by Gasteiger charge is 2.45. The van der Waals surface area contributed by atoms with E-state index < -0.39 is 162 Å². The zero-order chi connectivity index (χ0) is 69.6. The Balaban J connectivity index is 0.0000187. The maximum atomic E-state index is 15.1. The number of carboxylic acid groups (broad SMARTS) is 1. The molecule has 11 amide bonds. The lowest BCUT2D eigenvalue weighted by Gasteiger charge is -2.41. The molecule has 0 saturated carbocycles. The summed E-state index contributed by atoms with van der Waals surface area (Å²) in [6.45, 7) is 30.4. The summed E-state index contributed by atoms with van der Waals surface area (Å²) in [4.78, 5) is 178. The van der Waals surface area contributed by atoms with Crippen LogP contribution in [0.2, 0.25) is 0 Å². The van der Waals surface area contributed by atoms with Crippen LogP contribution in [-0.4, -0.2) is 238 Å². The van der Waals surface area contributed by atoms with Crippen molar-refractivity contribution in [3.05, 3.63) is 12.2 Å². The minimum Gasteiger partial charge on any atom is -0.481 e. The van der Waals surface area contributed by atoms with Crippen molar-refractivity contribution in [3.8, 4) is 0 Å². The SMILES string of the molecule is C/C=C/C[C@@H](C)[C@@H](O)[C@H]1C(=O)N[C@@H](CC)C(=O)N(C)CC(=O)N(C)[C@@H](CC(C)C)C(=O)N[C@@H](C(C)C)C(=O)N(C)[C@@H](CC(C)C)C(=O)N[C@@H](C)C(=O)N[C@H](C)C(=O)N(C)[C@@H](CC(C)C)C(=O)N(C)[C@@H](CC(C)C)C(=O)N(C)[C@@H](C(C)C)C(=O)N1C.CC(=O)O. The van der Waals surface area contributed by atoms with E-state index in [0.717, 1.165) is 16.7 Å². The molecular weight excluding hydrogens is 1150 g/mol. The maximum absolute atomic E-state index is 15.1. The zero-order valence-corrected chi connectivity index (χ0v) is 58.4. The van der Waals surface area contributed by atoms with Crippen molar-refractivity contribution in [2.75, 3.05) is 55.9 Å². The minimum absolute atomic E-state index is 0.0229. The van der Waals surface area contributed by atoms with Crippen molar-refractivity contribution in [1.29, 1.82) is 0 Å². The first-order valence-electron chi connectivity index (χ1n) is 31.5. The molecule has 0 aromatic carbocycles. The second-order valence-electron chi connectivity index (χ2n) is 26.6. The normalized spacial score (nSPS) is 26.0. The van der Waals surface area contributed by atoms with Gasteiger partial charge in [0.25, 0.3) is 5.97 Å². The molecule has 510 valence electrons. The van der Waals surface area contributed by atoms with Gasteiger partial charge in [0.15, 0.2) is 0 Å². The quantitative estimate of drug-likeness (QED) is 0.128. The van der Waals surface area contributed by atoms with E-state index in [0.29, 0.717) is 6.42 Å². The Kier molecular flexibility index (Phi) is 35.3. The Morgan fingerprint density at radius 1 is 0.494 bits per heavy atom. The number of hydrogen-bond acceptors (Lipinski definition) is 13. The van der Waals surface area contributed by atoms with Gasteiger partial charge in [0.2, 0.25) is 65.0 Å². The molecule has 25 heteroatoms. The van der Waals surface area contributed by atoms with Crippen LogP contribution in [0.3, 0.4) is 0 Å². The maximum Gasteiger partial charge on any atom is 0.300 e. The van der Waals surface area contributed by atoms with Crippen LogP contribution in [0.5, 0.6) is 0 Å². The van der Waals surface area contributed by atoms with Crippen LogP contribution in [0.25, 0.3) is 0 Å². The molecule has 6 N–H and O–H groups in total. The van der Waals surface area contributed by atoms with E-state index in [4.69, 9.17) is 9.90 Å². The molecule has 0 bridgehead atoms. The Labute approximate surface area is 531 Å². The van der Waals surface area contributed by atoms with Gasteiger partial charge in [-0.1, -0.05) is 109 Å². The first-order chi connectivity index (χ1) is 40.9. The summed E-state index contributed by atoms with van der Waals surface area (Å²) >= 11 is 0.